The van der Waals surface area contributed by atoms with Gasteiger partial charge in [0.2, 0.25) is 0 Å². The number of rotatable bonds is 0. The first-order chi connectivity index (χ1) is 10.8. The molecule has 104 valence electrons. The Kier molecular flexibility index (Phi) is 2.50. The zero-order valence-electron chi connectivity index (χ0n) is 11.6. The minimum absolute atomic E-state index is 1.04. The van der Waals surface area contributed by atoms with Crippen LogP contribution in [0.5, 0.6) is 0 Å². The van der Waals surface area contributed by atoms with Gasteiger partial charge in [-0.2, -0.15) is 0 Å². The number of nitrogens with zero attached hydrogens (tertiary/aromatic N) is 2. The van der Waals surface area contributed by atoms with E-state index < -0.39 is 0 Å². The minimum Gasteiger partial charge on any atom is -0.292 e. The van der Waals surface area contributed by atoms with Crippen molar-refractivity contribution in [2.45, 2.75) is 0 Å². The van der Waals surface area contributed by atoms with Crippen LogP contribution in [0, 0.1) is 3.57 Å². The molecule has 0 radical (unpaired) electrons. The van der Waals surface area contributed by atoms with Crippen molar-refractivity contribution in [1.82, 2.24) is 9.38 Å². The maximum atomic E-state index is 4.89. The first kappa shape index (κ1) is 12.4. The van der Waals surface area contributed by atoms with E-state index in [2.05, 4.69) is 87.7 Å². The van der Waals surface area contributed by atoms with Crippen LogP contribution in [-0.4, -0.2) is 9.38 Å². The Hall–Kier alpha value is -2.14. The van der Waals surface area contributed by atoms with Crippen molar-refractivity contribution < 1.29 is 0 Å². The van der Waals surface area contributed by atoms with Crippen LogP contribution in [-0.2, 0) is 0 Å². The van der Waals surface area contributed by atoms with Gasteiger partial charge in [-0.1, -0.05) is 36.4 Å². The molecule has 0 aliphatic heterocycles. The molecular weight excluding hydrogens is 383 g/mol. The summed E-state index contributed by atoms with van der Waals surface area (Å²) in [6, 6.07) is 23.5. The van der Waals surface area contributed by atoms with E-state index in [0.29, 0.717) is 0 Å². The fourth-order valence-electron chi connectivity index (χ4n) is 3.28. The Balaban J connectivity index is 2.23. The smallest absolute Gasteiger partial charge is 0.146 e. The summed E-state index contributed by atoms with van der Waals surface area (Å²) < 4.78 is 3.51. The number of pyridine rings is 1. The Labute approximate surface area is 140 Å². The second-order valence-electron chi connectivity index (χ2n) is 5.47. The van der Waals surface area contributed by atoms with Gasteiger partial charge in [0.1, 0.15) is 5.65 Å². The number of imidazole rings is 1. The molecule has 0 atom stereocenters. The third-order valence-electron chi connectivity index (χ3n) is 4.22. The van der Waals surface area contributed by atoms with E-state index in [0.717, 1.165) is 16.7 Å². The van der Waals surface area contributed by atoms with Crippen molar-refractivity contribution in [2.24, 2.45) is 0 Å². The average Bonchev–Trinajstić information content (AvgIpc) is 2.95. The SMILES string of the molecule is Ic1ccc2c3ccccc3n3c4ccccc4nc3c2c1. The van der Waals surface area contributed by atoms with Crippen molar-refractivity contribution in [3.63, 3.8) is 0 Å². The lowest BCUT2D eigenvalue weighted by Gasteiger charge is -2.09. The highest BCUT2D eigenvalue weighted by Crippen LogP contribution is 2.32. The van der Waals surface area contributed by atoms with Gasteiger partial charge in [0.15, 0.2) is 0 Å². The van der Waals surface area contributed by atoms with E-state index in [1.54, 1.807) is 0 Å². The van der Waals surface area contributed by atoms with Crippen molar-refractivity contribution in [2.75, 3.05) is 0 Å². The molecule has 0 unspecified atom stereocenters. The van der Waals surface area contributed by atoms with Crippen LogP contribution < -0.4 is 0 Å². The quantitative estimate of drug-likeness (QED) is 0.254. The highest BCUT2D eigenvalue weighted by atomic mass is 127. The van der Waals surface area contributed by atoms with Crippen molar-refractivity contribution in [3.05, 3.63) is 70.3 Å². The zero-order valence-corrected chi connectivity index (χ0v) is 13.8. The molecule has 5 aromatic rings. The molecule has 3 heteroatoms. The summed E-state index contributed by atoms with van der Waals surface area (Å²) in [6.07, 6.45) is 0. The van der Waals surface area contributed by atoms with Gasteiger partial charge < -0.3 is 0 Å². The van der Waals surface area contributed by atoms with Crippen molar-refractivity contribution >= 4 is 60.9 Å². The lowest BCUT2D eigenvalue weighted by molar-refractivity contribution is 1.31. The van der Waals surface area contributed by atoms with Gasteiger partial charge in [0, 0.05) is 14.3 Å². The zero-order chi connectivity index (χ0) is 14.7. The molecular formula is C19H11IN2. The highest BCUT2D eigenvalue weighted by Gasteiger charge is 2.12. The van der Waals surface area contributed by atoms with Gasteiger partial charge in [0.25, 0.3) is 0 Å². The molecule has 0 spiro atoms. The van der Waals surface area contributed by atoms with Crippen LogP contribution in [0.3, 0.4) is 0 Å². The number of aromatic nitrogens is 2. The molecule has 0 saturated heterocycles. The van der Waals surface area contributed by atoms with Crippen LogP contribution in [0.15, 0.2) is 66.7 Å². The summed E-state index contributed by atoms with van der Waals surface area (Å²) in [5.41, 5.74) is 4.45. The Morgan fingerprint density at radius 3 is 2.41 bits per heavy atom. The largest absolute Gasteiger partial charge is 0.292 e. The van der Waals surface area contributed by atoms with Crippen LogP contribution in [0.25, 0.3) is 38.4 Å². The number of benzene rings is 3. The molecule has 2 heterocycles. The topological polar surface area (TPSA) is 17.3 Å². The molecule has 0 aliphatic carbocycles. The van der Waals surface area contributed by atoms with E-state index >= 15 is 0 Å². The van der Waals surface area contributed by atoms with E-state index in [1.807, 2.05) is 6.07 Å². The maximum absolute atomic E-state index is 4.89. The molecule has 3 aromatic carbocycles. The van der Waals surface area contributed by atoms with Gasteiger partial charge in [-0.3, -0.25) is 4.40 Å². The average molecular weight is 394 g/mol. The summed E-state index contributed by atoms with van der Waals surface area (Å²) in [7, 11) is 0. The molecule has 2 nitrogen and oxygen atoms in total. The van der Waals surface area contributed by atoms with Crippen LogP contribution in [0.2, 0.25) is 0 Å². The van der Waals surface area contributed by atoms with Crippen molar-refractivity contribution in [1.29, 1.82) is 0 Å². The molecule has 0 N–H and O–H groups in total. The molecule has 0 aliphatic rings. The van der Waals surface area contributed by atoms with E-state index in [4.69, 9.17) is 4.98 Å². The third kappa shape index (κ3) is 1.57. The summed E-state index contributed by atoms with van der Waals surface area (Å²) in [5, 5.41) is 3.74. The third-order valence-corrected chi connectivity index (χ3v) is 4.89. The summed E-state index contributed by atoms with van der Waals surface area (Å²) in [4.78, 5) is 4.89. The number of hydrogen-bond donors (Lipinski definition) is 0. The Morgan fingerprint density at radius 2 is 1.50 bits per heavy atom. The predicted octanol–water partition coefficient (Wildman–Crippen LogP) is 5.40. The monoisotopic (exact) mass is 394 g/mol. The molecule has 2 aromatic heterocycles. The lowest BCUT2D eigenvalue weighted by atomic mass is 10.1. The summed E-state index contributed by atoms with van der Waals surface area (Å²) in [5.74, 6) is 0. The molecule has 0 fully saturated rings. The second-order valence-corrected chi connectivity index (χ2v) is 6.71. The normalized spacial score (nSPS) is 11.9. The molecule has 0 bridgehead atoms. The fourth-order valence-corrected chi connectivity index (χ4v) is 3.77. The lowest BCUT2D eigenvalue weighted by Crippen LogP contribution is -1.91. The van der Waals surface area contributed by atoms with Gasteiger partial charge in [-0.05, 0) is 58.3 Å². The first-order valence-electron chi connectivity index (χ1n) is 7.20. The van der Waals surface area contributed by atoms with Gasteiger partial charge in [0.05, 0.1) is 16.6 Å². The first-order valence-corrected chi connectivity index (χ1v) is 8.28. The molecule has 22 heavy (non-hydrogen) atoms. The number of para-hydroxylation sites is 3. The molecule has 5 rings (SSSR count). The van der Waals surface area contributed by atoms with Crippen LogP contribution >= 0.6 is 22.6 Å². The Bertz CT molecular complexity index is 1190. The van der Waals surface area contributed by atoms with Gasteiger partial charge in [-0.25, -0.2) is 4.98 Å². The summed E-state index contributed by atoms with van der Waals surface area (Å²) >= 11 is 2.37. The van der Waals surface area contributed by atoms with Crippen molar-refractivity contribution in [3.8, 4) is 0 Å². The standard InChI is InChI=1S/C19H11IN2/c20-12-9-10-13-14-5-1-3-7-17(14)22-18-8-4-2-6-16(18)21-19(22)15(13)11-12/h1-11H. The van der Waals surface area contributed by atoms with E-state index in [9.17, 15) is 0 Å². The summed E-state index contributed by atoms with van der Waals surface area (Å²) in [6.45, 7) is 0. The van der Waals surface area contributed by atoms with E-state index in [-0.39, 0.29) is 0 Å². The molecule has 0 amide bonds. The highest BCUT2D eigenvalue weighted by molar-refractivity contribution is 14.1. The number of halogens is 1. The van der Waals surface area contributed by atoms with Crippen LogP contribution in [0.1, 0.15) is 0 Å². The number of hydrogen-bond acceptors (Lipinski definition) is 1. The predicted molar refractivity (Wildman–Crippen MR) is 100 cm³/mol. The minimum atomic E-state index is 1.04. The maximum Gasteiger partial charge on any atom is 0.146 e. The second kappa shape index (κ2) is 4.43. The van der Waals surface area contributed by atoms with Crippen LogP contribution in [0.4, 0.5) is 0 Å². The van der Waals surface area contributed by atoms with Gasteiger partial charge >= 0.3 is 0 Å². The number of fused-ring (bicyclic) bond motifs is 8. The fraction of sp³-hybridized carbons (Fsp3) is 0. The van der Waals surface area contributed by atoms with Gasteiger partial charge in [-0.15, -0.1) is 0 Å². The Morgan fingerprint density at radius 1 is 0.727 bits per heavy atom. The molecule has 0 saturated carbocycles. The van der Waals surface area contributed by atoms with E-state index in [1.165, 1.54) is 25.2 Å².